The van der Waals surface area contributed by atoms with Crippen molar-refractivity contribution < 1.29 is 27.8 Å². The van der Waals surface area contributed by atoms with Gasteiger partial charge in [-0.25, -0.2) is 0 Å². The van der Waals surface area contributed by atoms with E-state index in [0.717, 1.165) is 24.3 Å². The van der Waals surface area contributed by atoms with Gasteiger partial charge in [0, 0.05) is 25.8 Å². The molecule has 0 aliphatic rings. The maximum Gasteiger partial charge on any atom is 0.416 e. The molecular weight excluding hydrogens is 275 g/mol. The minimum Gasteiger partial charge on any atom is -0.395 e. The topological polar surface area (TPSA) is 49.8 Å². The molecule has 20 heavy (non-hydrogen) atoms. The number of hydrogen-bond acceptors (Lipinski definition) is 3. The van der Waals surface area contributed by atoms with Crippen LogP contribution in [0, 0.1) is 0 Å². The molecule has 0 fully saturated rings. The molecule has 1 aromatic carbocycles. The van der Waals surface area contributed by atoms with Crippen molar-refractivity contribution in [3.63, 3.8) is 0 Å². The van der Waals surface area contributed by atoms with Crippen molar-refractivity contribution in [1.29, 1.82) is 0 Å². The van der Waals surface area contributed by atoms with Crippen LogP contribution < -0.4 is 0 Å². The van der Waals surface area contributed by atoms with Gasteiger partial charge in [0.25, 0.3) is 5.91 Å². The van der Waals surface area contributed by atoms with Crippen LogP contribution in [-0.4, -0.2) is 49.3 Å². The Kier molecular flexibility index (Phi) is 5.97. The Bertz CT molecular complexity index is 431. The van der Waals surface area contributed by atoms with Crippen LogP contribution in [0.2, 0.25) is 0 Å². The number of carbonyl (C=O) groups is 1. The zero-order valence-corrected chi connectivity index (χ0v) is 11.0. The molecule has 0 heterocycles. The van der Waals surface area contributed by atoms with E-state index in [9.17, 15) is 18.0 Å². The molecule has 0 saturated heterocycles. The van der Waals surface area contributed by atoms with E-state index in [0.29, 0.717) is 0 Å². The maximum atomic E-state index is 12.4. The summed E-state index contributed by atoms with van der Waals surface area (Å²) in [4.78, 5) is 13.4. The molecule has 0 atom stereocenters. The fraction of sp³-hybridized carbons (Fsp3) is 0.462. The van der Waals surface area contributed by atoms with Gasteiger partial charge in [0.05, 0.1) is 18.8 Å². The second kappa shape index (κ2) is 7.25. The third-order valence-corrected chi connectivity index (χ3v) is 2.68. The number of aliphatic hydroxyl groups is 1. The van der Waals surface area contributed by atoms with Crippen LogP contribution in [0.1, 0.15) is 15.9 Å². The van der Waals surface area contributed by atoms with Crippen molar-refractivity contribution in [2.45, 2.75) is 6.18 Å². The van der Waals surface area contributed by atoms with Crippen LogP contribution in [0.25, 0.3) is 0 Å². The summed E-state index contributed by atoms with van der Waals surface area (Å²) in [5, 5.41) is 8.90. The Hall–Kier alpha value is -1.60. The highest BCUT2D eigenvalue weighted by Gasteiger charge is 2.30. The third-order valence-electron chi connectivity index (χ3n) is 2.68. The lowest BCUT2D eigenvalue weighted by atomic mass is 10.1. The molecule has 0 radical (unpaired) electrons. The fourth-order valence-electron chi connectivity index (χ4n) is 1.62. The lowest BCUT2D eigenvalue weighted by Crippen LogP contribution is -2.36. The second-order valence-electron chi connectivity index (χ2n) is 4.08. The van der Waals surface area contributed by atoms with Gasteiger partial charge in [0.1, 0.15) is 0 Å². The van der Waals surface area contributed by atoms with Crippen LogP contribution in [0.15, 0.2) is 24.3 Å². The number of nitrogens with zero attached hydrogens (tertiary/aromatic N) is 1. The molecule has 4 nitrogen and oxygen atoms in total. The SMILES string of the molecule is COCCN(CCO)C(=O)c1ccc(C(F)(F)F)cc1. The average Bonchev–Trinajstić information content (AvgIpc) is 2.42. The van der Waals surface area contributed by atoms with Crippen LogP contribution in [0.5, 0.6) is 0 Å². The molecule has 0 spiro atoms. The monoisotopic (exact) mass is 291 g/mol. The lowest BCUT2D eigenvalue weighted by molar-refractivity contribution is -0.137. The summed E-state index contributed by atoms with van der Waals surface area (Å²) in [5.74, 6) is -0.440. The number of hydrogen-bond donors (Lipinski definition) is 1. The first-order valence-electron chi connectivity index (χ1n) is 5.96. The number of alkyl halides is 3. The quantitative estimate of drug-likeness (QED) is 0.869. The summed E-state index contributed by atoms with van der Waals surface area (Å²) in [6.07, 6.45) is -4.43. The predicted octanol–water partition coefficient (Wildman–Crippen LogP) is 1.79. The van der Waals surface area contributed by atoms with E-state index < -0.39 is 17.6 Å². The van der Waals surface area contributed by atoms with E-state index in [1.54, 1.807) is 0 Å². The van der Waals surface area contributed by atoms with Crippen LogP contribution in [0.3, 0.4) is 0 Å². The lowest BCUT2D eigenvalue weighted by Gasteiger charge is -2.21. The van der Waals surface area contributed by atoms with Crippen molar-refractivity contribution >= 4 is 5.91 Å². The number of rotatable bonds is 6. The molecule has 1 aromatic rings. The fourth-order valence-corrected chi connectivity index (χ4v) is 1.62. The molecule has 1 amide bonds. The van der Waals surface area contributed by atoms with Crippen LogP contribution in [-0.2, 0) is 10.9 Å². The zero-order valence-electron chi connectivity index (χ0n) is 11.0. The van der Waals surface area contributed by atoms with E-state index in [-0.39, 0.29) is 31.9 Å². The van der Waals surface area contributed by atoms with E-state index >= 15 is 0 Å². The van der Waals surface area contributed by atoms with Crippen LogP contribution in [0.4, 0.5) is 13.2 Å². The average molecular weight is 291 g/mol. The Morgan fingerprint density at radius 1 is 1.25 bits per heavy atom. The van der Waals surface area contributed by atoms with Gasteiger partial charge in [0.15, 0.2) is 0 Å². The maximum absolute atomic E-state index is 12.4. The van der Waals surface area contributed by atoms with Crippen molar-refractivity contribution in [3.8, 4) is 0 Å². The second-order valence-corrected chi connectivity index (χ2v) is 4.08. The Morgan fingerprint density at radius 2 is 1.85 bits per heavy atom. The summed E-state index contributed by atoms with van der Waals surface area (Å²) in [6, 6.07) is 3.98. The van der Waals surface area contributed by atoms with Crippen LogP contribution >= 0.6 is 0 Å². The number of aliphatic hydroxyl groups excluding tert-OH is 1. The Balaban J connectivity index is 2.83. The van der Waals surface area contributed by atoms with E-state index in [1.165, 1.54) is 12.0 Å². The summed E-state index contributed by atoms with van der Waals surface area (Å²) in [5.41, 5.74) is -0.665. The van der Waals surface area contributed by atoms with Gasteiger partial charge >= 0.3 is 6.18 Å². The Labute approximate surface area is 114 Å². The van der Waals surface area contributed by atoms with Crippen molar-refractivity contribution in [2.24, 2.45) is 0 Å². The highest BCUT2D eigenvalue weighted by atomic mass is 19.4. The zero-order chi connectivity index (χ0) is 15.2. The Morgan fingerprint density at radius 3 is 2.30 bits per heavy atom. The largest absolute Gasteiger partial charge is 0.416 e. The van der Waals surface area contributed by atoms with Gasteiger partial charge in [0.2, 0.25) is 0 Å². The third kappa shape index (κ3) is 4.50. The number of ether oxygens (including phenoxy) is 1. The number of carbonyl (C=O) groups excluding carboxylic acids is 1. The minimum atomic E-state index is -4.43. The number of halogens is 3. The number of amides is 1. The van der Waals surface area contributed by atoms with E-state index in [2.05, 4.69) is 0 Å². The normalized spacial score (nSPS) is 11.4. The predicted molar refractivity (Wildman–Crippen MR) is 66.3 cm³/mol. The van der Waals surface area contributed by atoms with Crippen molar-refractivity contribution in [2.75, 3.05) is 33.4 Å². The molecule has 0 aromatic heterocycles. The standard InChI is InChI=1S/C13H16F3NO3/c1-20-9-7-17(6-8-18)12(19)10-2-4-11(5-3-10)13(14,15)16/h2-5,18H,6-9H2,1H3. The molecule has 1 rings (SSSR count). The summed E-state index contributed by atoms with van der Waals surface area (Å²) < 4.78 is 42.1. The minimum absolute atomic E-state index is 0.100. The van der Waals surface area contributed by atoms with E-state index in [1.807, 2.05) is 0 Å². The number of benzene rings is 1. The first kappa shape index (κ1) is 16.5. The molecule has 0 bridgehead atoms. The highest BCUT2D eigenvalue weighted by Crippen LogP contribution is 2.29. The number of methoxy groups -OCH3 is 1. The van der Waals surface area contributed by atoms with E-state index in [4.69, 9.17) is 9.84 Å². The summed E-state index contributed by atoms with van der Waals surface area (Å²) in [7, 11) is 1.47. The summed E-state index contributed by atoms with van der Waals surface area (Å²) in [6.45, 7) is 0.419. The summed E-state index contributed by atoms with van der Waals surface area (Å²) >= 11 is 0. The van der Waals surface area contributed by atoms with Gasteiger partial charge in [-0.05, 0) is 24.3 Å². The van der Waals surface area contributed by atoms with Crippen molar-refractivity contribution in [3.05, 3.63) is 35.4 Å². The molecule has 0 aliphatic carbocycles. The first-order valence-corrected chi connectivity index (χ1v) is 5.96. The van der Waals surface area contributed by atoms with Gasteiger partial charge < -0.3 is 14.7 Å². The molecule has 112 valence electrons. The highest BCUT2D eigenvalue weighted by molar-refractivity contribution is 5.94. The smallest absolute Gasteiger partial charge is 0.395 e. The molecule has 0 unspecified atom stereocenters. The first-order chi connectivity index (χ1) is 9.40. The molecule has 1 N–H and O–H groups in total. The molecule has 7 heteroatoms. The van der Waals surface area contributed by atoms with Crippen molar-refractivity contribution in [1.82, 2.24) is 4.90 Å². The van der Waals surface area contributed by atoms with Gasteiger partial charge in [-0.1, -0.05) is 0 Å². The van der Waals surface area contributed by atoms with Gasteiger partial charge in [-0.3, -0.25) is 4.79 Å². The van der Waals surface area contributed by atoms with Gasteiger partial charge in [-0.2, -0.15) is 13.2 Å². The van der Waals surface area contributed by atoms with Gasteiger partial charge in [-0.15, -0.1) is 0 Å². The molecule has 0 saturated carbocycles. The molecule has 0 aliphatic heterocycles. The molecular formula is C13H16F3NO3.